The quantitative estimate of drug-likeness (QED) is 0.240. The number of anilines is 1. The van der Waals surface area contributed by atoms with Crippen LogP contribution in [-0.4, -0.2) is 45.5 Å². The van der Waals surface area contributed by atoms with Gasteiger partial charge in [0.1, 0.15) is 11.5 Å². The number of carbonyl (C=O) groups is 2. The maximum absolute atomic E-state index is 13.5. The second kappa shape index (κ2) is 12.0. The van der Waals surface area contributed by atoms with E-state index in [4.69, 9.17) is 0 Å². The van der Waals surface area contributed by atoms with Gasteiger partial charge in [-0.05, 0) is 66.5 Å². The molecule has 0 aliphatic carbocycles. The van der Waals surface area contributed by atoms with Gasteiger partial charge in [-0.1, -0.05) is 19.1 Å². The van der Waals surface area contributed by atoms with E-state index in [0.29, 0.717) is 24.5 Å². The van der Waals surface area contributed by atoms with Gasteiger partial charge in [-0.25, -0.2) is 9.37 Å². The largest absolute Gasteiger partial charge is 0.337 e. The van der Waals surface area contributed by atoms with Crippen LogP contribution in [0.1, 0.15) is 47.3 Å². The van der Waals surface area contributed by atoms with Gasteiger partial charge in [0.25, 0.3) is 11.6 Å². The van der Waals surface area contributed by atoms with E-state index in [1.165, 1.54) is 0 Å². The van der Waals surface area contributed by atoms with Crippen LogP contribution in [0.4, 0.5) is 15.8 Å². The molecule has 0 bridgehead atoms. The van der Waals surface area contributed by atoms with Crippen LogP contribution in [0.3, 0.4) is 0 Å². The van der Waals surface area contributed by atoms with Crippen LogP contribution in [0, 0.1) is 15.9 Å². The fraction of sp³-hybridized carbons (Fsp3) is 0.296. The van der Waals surface area contributed by atoms with Crippen molar-refractivity contribution in [3.05, 3.63) is 93.5 Å². The van der Waals surface area contributed by atoms with E-state index in [9.17, 15) is 24.1 Å². The predicted octanol–water partition coefficient (Wildman–Crippen LogP) is 5.44. The van der Waals surface area contributed by atoms with Crippen LogP contribution < -0.4 is 5.32 Å². The second-order valence-electron chi connectivity index (χ2n) is 8.73. The summed E-state index contributed by atoms with van der Waals surface area (Å²) in [6, 6.07) is 14.3. The number of benzene rings is 2. The monoisotopic (exact) mass is 522 g/mol. The number of piperidine rings is 1. The Morgan fingerprint density at radius 2 is 1.89 bits per heavy atom. The number of hydrogen-bond acceptors (Lipinski definition) is 6. The molecule has 1 aliphatic heterocycles. The topological polar surface area (TPSA) is 105 Å². The Morgan fingerprint density at radius 1 is 1.16 bits per heavy atom. The molecule has 0 unspecified atom stereocenters. The fourth-order valence-electron chi connectivity index (χ4n) is 4.48. The van der Waals surface area contributed by atoms with Crippen LogP contribution >= 0.6 is 11.8 Å². The van der Waals surface area contributed by atoms with E-state index in [2.05, 4.69) is 10.3 Å². The van der Waals surface area contributed by atoms with Gasteiger partial charge >= 0.3 is 0 Å². The standard InChI is InChI=1S/C27H27FN4O4S/c1-2-37-24-4-3-13-29-26(24)27(34)31-14-11-19(12-15-31)18-5-8-22(9-6-18)30-25(33)17-20-16-21(28)7-10-23(20)32(35)36/h3-10,13,16,19H,2,11-12,14-15,17H2,1H3,(H,30,33). The minimum Gasteiger partial charge on any atom is -0.337 e. The number of thioether (sulfide) groups is 1. The normalized spacial score (nSPS) is 13.8. The van der Waals surface area contributed by atoms with E-state index < -0.39 is 16.6 Å². The number of nitrogens with zero attached hydrogens (tertiary/aromatic N) is 3. The molecule has 1 aliphatic rings. The lowest BCUT2D eigenvalue weighted by atomic mass is 9.89. The first kappa shape index (κ1) is 26.3. The van der Waals surface area contributed by atoms with Gasteiger partial charge in [0, 0.05) is 41.5 Å². The third-order valence-electron chi connectivity index (χ3n) is 6.31. The van der Waals surface area contributed by atoms with Crippen LogP contribution in [0.25, 0.3) is 0 Å². The zero-order valence-electron chi connectivity index (χ0n) is 20.4. The molecule has 2 aromatic carbocycles. The zero-order chi connectivity index (χ0) is 26.4. The van der Waals surface area contributed by atoms with E-state index in [1.807, 2.05) is 36.1 Å². The number of pyridine rings is 1. The number of nitrogens with one attached hydrogen (secondary N) is 1. The SMILES string of the molecule is CCSc1cccnc1C(=O)N1CCC(c2ccc(NC(=O)Cc3cc(F)ccc3[N+](=O)[O-])cc2)CC1. The van der Waals surface area contributed by atoms with Crippen LogP contribution in [0.5, 0.6) is 0 Å². The minimum absolute atomic E-state index is 0.0199. The second-order valence-corrected chi connectivity index (χ2v) is 10.0. The summed E-state index contributed by atoms with van der Waals surface area (Å²) in [7, 11) is 0. The number of rotatable bonds is 8. The number of aromatic nitrogens is 1. The molecule has 2 amide bonds. The number of carbonyl (C=O) groups excluding carboxylic acids is 2. The first-order chi connectivity index (χ1) is 17.9. The Labute approximate surface area is 218 Å². The highest BCUT2D eigenvalue weighted by atomic mass is 32.2. The highest BCUT2D eigenvalue weighted by molar-refractivity contribution is 7.99. The maximum atomic E-state index is 13.5. The molecule has 1 N–H and O–H groups in total. The van der Waals surface area contributed by atoms with Crippen molar-refractivity contribution in [1.82, 2.24) is 9.88 Å². The van der Waals surface area contributed by atoms with E-state index in [-0.39, 0.29) is 29.5 Å². The average Bonchev–Trinajstić information content (AvgIpc) is 2.89. The molecule has 0 saturated carbocycles. The Hall–Kier alpha value is -3.79. The molecule has 3 aromatic rings. The van der Waals surface area contributed by atoms with Crippen LogP contribution in [-0.2, 0) is 11.2 Å². The first-order valence-electron chi connectivity index (χ1n) is 12.1. The van der Waals surface area contributed by atoms with Crippen molar-refractivity contribution in [3.63, 3.8) is 0 Å². The molecule has 37 heavy (non-hydrogen) atoms. The molecule has 10 heteroatoms. The summed E-state index contributed by atoms with van der Waals surface area (Å²) >= 11 is 1.61. The molecular formula is C27H27FN4O4S. The molecule has 0 spiro atoms. The highest BCUT2D eigenvalue weighted by Crippen LogP contribution is 2.30. The Bertz CT molecular complexity index is 1290. The van der Waals surface area contributed by atoms with Crippen LogP contribution in [0.15, 0.2) is 65.7 Å². The van der Waals surface area contributed by atoms with Crippen molar-refractivity contribution in [3.8, 4) is 0 Å². The van der Waals surface area contributed by atoms with Gasteiger partial charge in [-0.15, -0.1) is 11.8 Å². The molecule has 0 atom stereocenters. The van der Waals surface area contributed by atoms with E-state index in [0.717, 1.165) is 47.3 Å². The summed E-state index contributed by atoms with van der Waals surface area (Å²) in [5.41, 5.74) is 1.91. The lowest BCUT2D eigenvalue weighted by Crippen LogP contribution is -2.38. The first-order valence-corrected chi connectivity index (χ1v) is 13.0. The number of halogens is 1. The highest BCUT2D eigenvalue weighted by Gasteiger charge is 2.26. The van der Waals surface area contributed by atoms with E-state index >= 15 is 0 Å². The van der Waals surface area contributed by atoms with Gasteiger partial charge < -0.3 is 10.2 Å². The molecule has 192 valence electrons. The van der Waals surface area contributed by atoms with Gasteiger partial charge in [0.05, 0.1) is 11.3 Å². The smallest absolute Gasteiger partial charge is 0.273 e. The third kappa shape index (κ3) is 6.51. The van der Waals surface area contributed by atoms with Gasteiger partial charge in [-0.3, -0.25) is 19.7 Å². The van der Waals surface area contributed by atoms with Crippen molar-refractivity contribution in [2.45, 2.75) is 37.0 Å². The van der Waals surface area contributed by atoms with Crippen molar-refractivity contribution < 1.29 is 18.9 Å². The maximum Gasteiger partial charge on any atom is 0.273 e. The molecule has 2 heterocycles. The summed E-state index contributed by atoms with van der Waals surface area (Å²) in [4.78, 5) is 43.1. The van der Waals surface area contributed by atoms with Gasteiger partial charge in [0.2, 0.25) is 5.91 Å². The minimum atomic E-state index is -0.633. The summed E-state index contributed by atoms with van der Waals surface area (Å²) in [6.07, 6.45) is 2.99. The van der Waals surface area contributed by atoms with E-state index in [1.54, 1.807) is 30.1 Å². The number of likely N-dealkylation sites (tertiary alicyclic amines) is 1. The van der Waals surface area contributed by atoms with Crippen molar-refractivity contribution in [1.29, 1.82) is 0 Å². The molecule has 0 radical (unpaired) electrons. The predicted molar refractivity (Wildman–Crippen MR) is 140 cm³/mol. The fourth-order valence-corrected chi connectivity index (χ4v) is 5.24. The number of amides is 2. The Morgan fingerprint density at radius 3 is 2.57 bits per heavy atom. The lowest BCUT2D eigenvalue weighted by molar-refractivity contribution is -0.385. The summed E-state index contributed by atoms with van der Waals surface area (Å²) in [5, 5.41) is 13.9. The summed E-state index contributed by atoms with van der Waals surface area (Å²) in [6.45, 7) is 3.33. The van der Waals surface area contributed by atoms with Crippen molar-refractivity contribution >= 4 is 35.0 Å². The molecule has 1 fully saturated rings. The summed E-state index contributed by atoms with van der Waals surface area (Å²) < 4.78 is 13.5. The molecule has 1 aromatic heterocycles. The van der Waals surface area contributed by atoms with Gasteiger partial charge in [-0.2, -0.15) is 0 Å². The molecule has 4 rings (SSSR count). The van der Waals surface area contributed by atoms with Crippen LogP contribution in [0.2, 0.25) is 0 Å². The summed E-state index contributed by atoms with van der Waals surface area (Å²) in [5.74, 6) is 0.0210. The number of hydrogen-bond donors (Lipinski definition) is 1. The number of nitro benzene ring substituents is 1. The molecular weight excluding hydrogens is 495 g/mol. The third-order valence-corrected chi connectivity index (χ3v) is 7.24. The van der Waals surface area contributed by atoms with Crippen molar-refractivity contribution in [2.75, 3.05) is 24.2 Å². The molecule has 1 saturated heterocycles. The van der Waals surface area contributed by atoms with Crippen molar-refractivity contribution in [2.24, 2.45) is 0 Å². The number of nitro groups is 1. The zero-order valence-corrected chi connectivity index (χ0v) is 21.2. The van der Waals surface area contributed by atoms with Gasteiger partial charge in [0.15, 0.2) is 0 Å². The lowest BCUT2D eigenvalue weighted by Gasteiger charge is -2.32. The average molecular weight is 523 g/mol. The Kier molecular flexibility index (Phi) is 8.50. The molecule has 8 nitrogen and oxygen atoms in total. The Balaban J connectivity index is 1.33.